The quantitative estimate of drug-likeness (QED) is 0.873. The van der Waals surface area contributed by atoms with Crippen molar-refractivity contribution in [2.24, 2.45) is 0 Å². The minimum atomic E-state index is -0.511. The van der Waals surface area contributed by atoms with E-state index >= 15 is 0 Å². The van der Waals surface area contributed by atoms with Crippen LogP contribution in [0.5, 0.6) is 0 Å². The van der Waals surface area contributed by atoms with Crippen LogP contribution < -0.4 is 5.73 Å². The smallest absolute Gasteiger partial charge is 0.253 e. The second kappa shape index (κ2) is 5.74. The normalized spacial score (nSPS) is 10.3. The van der Waals surface area contributed by atoms with E-state index in [1.807, 2.05) is 31.2 Å². The molecule has 0 aliphatic carbocycles. The Morgan fingerprint density at radius 2 is 1.95 bits per heavy atom. The van der Waals surface area contributed by atoms with Crippen molar-refractivity contribution in [3.05, 3.63) is 65.0 Å². The second-order valence-corrected chi connectivity index (χ2v) is 4.82. The summed E-state index contributed by atoms with van der Waals surface area (Å²) >= 11 is 0. The number of benzene rings is 2. The number of halogens is 1. The van der Waals surface area contributed by atoms with Gasteiger partial charge in [-0.05, 0) is 36.2 Å². The molecule has 0 heterocycles. The molecule has 0 saturated heterocycles. The highest BCUT2D eigenvalue weighted by molar-refractivity contribution is 5.94. The van der Waals surface area contributed by atoms with E-state index < -0.39 is 5.82 Å². The van der Waals surface area contributed by atoms with Crippen LogP contribution in [0.2, 0.25) is 0 Å². The predicted molar refractivity (Wildman–Crippen MR) is 77.8 cm³/mol. The summed E-state index contributed by atoms with van der Waals surface area (Å²) in [5, 5.41) is 0. The zero-order valence-corrected chi connectivity index (χ0v) is 11.6. The van der Waals surface area contributed by atoms with Crippen molar-refractivity contribution in [2.75, 3.05) is 12.8 Å². The molecular formula is C16H17FN2O. The Morgan fingerprint density at radius 3 is 2.60 bits per heavy atom. The summed E-state index contributed by atoms with van der Waals surface area (Å²) in [4.78, 5) is 13.9. The molecule has 0 bridgehead atoms. The fraction of sp³-hybridized carbons (Fsp3) is 0.188. The van der Waals surface area contributed by atoms with Crippen LogP contribution in [-0.4, -0.2) is 17.9 Å². The zero-order chi connectivity index (χ0) is 14.7. The van der Waals surface area contributed by atoms with E-state index in [0.717, 1.165) is 11.1 Å². The zero-order valence-electron chi connectivity index (χ0n) is 11.6. The van der Waals surface area contributed by atoms with Gasteiger partial charge in [-0.2, -0.15) is 0 Å². The van der Waals surface area contributed by atoms with Crippen LogP contribution in [0.15, 0.2) is 42.5 Å². The molecule has 2 rings (SSSR count). The maximum absolute atomic E-state index is 13.1. The van der Waals surface area contributed by atoms with Crippen molar-refractivity contribution in [1.29, 1.82) is 0 Å². The number of carbonyl (C=O) groups excluding carboxylic acids is 1. The van der Waals surface area contributed by atoms with Crippen molar-refractivity contribution >= 4 is 11.6 Å². The Kier molecular flexibility index (Phi) is 4.03. The molecule has 0 atom stereocenters. The van der Waals surface area contributed by atoms with E-state index in [1.54, 1.807) is 11.9 Å². The molecular weight excluding hydrogens is 255 g/mol. The third kappa shape index (κ3) is 2.96. The topological polar surface area (TPSA) is 46.3 Å². The highest BCUT2D eigenvalue weighted by atomic mass is 19.1. The molecule has 0 fully saturated rings. The van der Waals surface area contributed by atoms with Crippen molar-refractivity contribution in [3.8, 4) is 0 Å². The van der Waals surface area contributed by atoms with Crippen LogP contribution in [0, 0.1) is 12.7 Å². The summed E-state index contributed by atoms with van der Waals surface area (Å²) in [5.74, 6) is -0.692. The highest BCUT2D eigenvalue weighted by Gasteiger charge is 2.14. The molecule has 0 unspecified atom stereocenters. The number of hydrogen-bond acceptors (Lipinski definition) is 2. The van der Waals surface area contributed by atoms with Gasteiger partial charge >= 0.3 is 0 Å². The van der Waals surface area contributed by atoms with E-state index in [2.05, 4.69) is 0 Å². The molecule has 0 aromatic heterocycles. The summed E-state index contributed by atoms with van der Waals surface area (Å²) in [6.45, 7) is 2.51. The highest BCUT2D eigenvalue weighted by Crippen LogP contribution is 2.16. The Bertz CT molecular complexity index is 640. The average Bonchev–Trinajstić information content (AvgIpc) is 2.43. The van der Waals surface area contributed by atoms with E-state index in [9.17, 15) is 9.18 Å². The van der Waals surface area contributed by atoms with Crippen LogP contribution >= 0.6 is 0 Å². The van der Waals surface area contributed by atoms with Crippen molar-refractivity contribution < 1.29 is 9.18 Å². The van der Waals surface area contributed by atoms with Crippen LogP contribution in [0.1, 0.15) is 21.5 Å². The van der Waals surface area contributed by atoms with Crippen LogP contribution in [0.3, 0.4) is 0 Å². The molecule has 1 amide bonds. The lowest BCUT2D eigenvalue weighted by molar-refractivity contribution is 0.0785. The third-order valence-electron chi connectivity index (χ3n) is 3.26. The number of nitrogens with zero attached hydrogens (tertiary/aromatic N) is 1. The fourth-order valence-electron chi connectivity index (χ4n) is 2.01. The number of nitrogens with two attached hydrogens (primary N) is 1. The lowest BCUT2D eigenvalue weighted by Crippen LogP contribution is -2.26. The maximum Gasteiger partial charge on any atom is 0.253 e. The summed E-state index contributed by atoms with van der Waals surface area (Å²) in [7, 11) is 1.72. The van der Waals surface area contributed by atoms with Gasteiger partial charge in [0, 0.05) is 19.2 Å². The van der Waals surface area contributed by atoms with E-state index in [1.165, 1.54) is 18.2 Å². The molecule has 0 saturated carbocycles. The lowest BCUT2D eigenvalue weighted by atomic mass is 10.1. The van der Waals surface area contributed by atoms with Crippen molar-refractivity contribution in [2.45, 2.75) is 13.5 Å². The van der Waals surface area contributed by atoms with Gasteiger partial charge < -0.3 is 10.6 Å². The molecule has 104 valence electrons. The minimum absolute atomic E-state index is 0.0138. The van der Waals surface area contributed by atoms with Gasteiger partial charge in [0.05, 0.1) is 5.69 Å². The number of aryl methyl sites for hydroxylation is 1. The van der Waals surface area contributed by atoms with Gasteiger partial charge in [-0.25, -0.2) is 4.39 Å². The first-order chi connectivity index (χ1) is 9.49. The average molecular weight is 272 g/mol. The summed E-state index contributed by atoms with van der Waals surface area (Å²) in [6.07, 6.45) is 0. The molecule has 3 nitrogen and oxygen atoms in total. The van der Waals surface area contributed by atoms with Gasteiger partial charge in [0.1, 0.15) is 5.82 Å². The Morgan fingerprint density at radius 1 is 1.25 bits per heavy atom. The van der Waals surface area contributed by atoms with E-state index in [4.69, 9.17) is 5.73 Å². The van der Waals surface area contributed by atoms with E-state index in [0.29, 0.717) is 12.1 Å². The standard InChI is InChI=1S/C16H17FN2O/c1-11-5-3-4-6-13(11)10-19(2)16(20)12-7-8-14(17)15(18)9-12/h3-9H,10,18H2,1-2H3. The summed E-state index contributed by atoms with van der Waals surface area (Å²) < 4.78 is 13.1. The Balaban J connectivity index is 2.16. The summed E-state index contributed by atoms with van der Waals surface area (Å²) in [5.41, 5.74) is 8.08. The number of rotatable bonds is 3. The first-order valence-corrected chi connectivity index (χ1v) is 6.34. The van der Waals surface area contributed by atoms with Gasteiger partial charge in [0.15, 0.2) is 0 Å². The second-order valence-electron chi connectivity index (χ2n) is 4.82. The molecule has 0 aliphatic heterocycles. The van der Waals surface area contributed by atoms with Crippen molar-refractivity contribution in [3.63, 3.8) is 0 Å². The number of nitrogen functional groups attached to an aromatic ring is 1. The largest absolute Gasteiger partial charge is 0.396 e. The van der Waals surface area contributed by atoms with Gasteiger partial charge in [0.25, 0.3) is 5.91 Å². The monoisotopic (exact) mass is 272 g/mol. The SMILES string of the molecule is Cc1ccccc1CN(C)C(=O)c1ccc(F)c(N)c1. The number of anilines is 1. The number of hydrogen-bond donors (Lipinski definition) is 1. The first-order valence-electron chi connectivity index (χ1n) is 6.34. The molecule has 0 spiro atoms. The number of amides is 1. The van der Waals surface area contributed by atoms with Crippen LogP contribution in [0.25, 0.3) is 0 Å². The molecule has 2 N–H and O–H groups in total. The predicted octanol–water partition coefficient (Wildman–Crippen LogP) is 2.99. The molecule has 0 aliphatic rings. The van der Waals surface area contributed by atoms with Crippen LogP contribution in [0.4, 0.5) is 10.1 Å². The van der Waals surface area contributed by atoms with Crippen LogP contribution in [-0.2, 0) is 6.54 Å². The van der Waals surface area contributed by atoms with Gasteiger partial charge in [-0.15, -0.1) is 0 Å². The first kappa shape index (κ1) is 14.1. The van der Waals surface area contributed by atoms with E-state index in [-0.39, 0.29) is 11.6 Å². The minimum Gasteiger partial charge on any atom is -0.396 e. The maximum atomic E-state index is 13.1. The molecule has 4 heteroatoms. The van der Waals surface area contributed by atoms with Gasteiger partial charge in [-0.3, -0.25) is 4.79 Å². The number of carbonyl (C=O) groups is 1. The summed E-state index contributed by atoms with van der Waals surface area (Å²) in [6, 6.07) is 11.9. The molecule has 2 aromatic rings. The lowest BCUT2D eigenvalue weighted by Gasteiger charge is -2.18. The van der Waals surface area contributed by atoms with Gasteiger partial charge in [-0.1, -0.05) is 24.3 Å². The molecule has 20 heavy (non-hydrogen) atoms. The van der Waals surface area contributed by atoms with Gasteiger partial charge in [0.2, 0.25) is 0 Å². The van der Waals surface area contributed by atoms with Crippen molar-refractivity contribution in [1.82, 2.24) is 4.90 Å². The Labute approximate surface area is 117 Å². The third-order valence-corrected chi connectivity index (χ3v) is 3.26. The fourth-order valence-corrected chi connectivity index (χ4v) is 2.01. The molecule has 2 aromatic carbocycles. The molecule has 0 radical (unpaired) electrons. The Hall–Kier alpha value is -2.36.